The Hall–Kier alpha value is -0.810. The van der Waals surface area contributed by atoms with Crippen LogP contribution in [0, 0.1) is 0 Å². The van der Waals surface area contributed by atoms with Gasteiger partial charge >= 0.3 is 0 Å². The van der Waals surface area contributed by atoms with Gasteiger partial charge in [0.1, 0.15) is 5.69 Å². The fraction of sp³-hybridized carbons (Fsp3) is 0.462. The summed E-state index contributed by atoms with van der Waals surface area (Å²) >= 11 is 5.15. The van der Waals surface area contributed by atoms with Gasteiger partial charge in [0.2, 0.25) is 0 Å². The van der Waals surface area contributed by atoms with Crippen LogP contribution in [0.5, 0.6) is 0 Å². The molecule has 3 rings (SSSR count). The largest absolute Gasteiger partial charge is 0.396 e. The summed E-state index contributed by atoms with van der Waals surface area (Å²) in [5, 5.41) is 6.76. The molecule has 0 saturated heterocycles. The van der Waals surface area contributed by atoms with Crippen LogP contribution in [0.4, 0.5) is 5.69 Å². The molecule has 0 atom stereocenters. The highest BCUT2D eigenvalue weighted by atomic mass is 79.9. The Balaban J connectivity index is 1.90. The van der Waals surface area contributed by atoms with Crippen molar-refractivity contribution in [1.29, 1.82) is 0 Å². The van der Waals surface area contributed by atoms with Crippen LogP contribution in [0.3, 0.4) is 0 Å². The van der Waals surface area contributed by atoms with Gasteiger partial charge in [-0.2, -0.15) is 5.10 Å². The van der Waals surface area contributed by atoms with Crippen LogP contribution in [0.25, 0.3) is 10.6 Å². The maximum Gasteiger partial charge on any atom is 0.125 e. The van der Waals surface area contributed by atoms with E-state index in [-0.39, 0.29) is 0 Å². The molecule has 5 heteroatoms. The first-order chi connectivity index (χ1) is 8.74. The summed E-state index contributed by atoms with van der Waals surface area (Å²) in [7, 11) is 0. The van der Waals surface area contributed by atoms with Crippen LogP contribution in [0.1, 0.15) is 38.1 Å². The van der Waals surface area contributed by atoms with E-state index in [9.17, 15) is 0 Å². The molecule has 2 aromatic heterocycles. The zero-order valence-corrected chi connectivity index (χ0v) is 12.5. The molecule has 0 radical (unpaired) electrons. The number of anilines is 1. The van der Waals surface area contributed by atoms with Gasteiger partial charge in [0.25, 0.3) is 0 Å². The Kier molecular flexibility index (Phi) is 3.43. The molecule has 1 saturated carbocycles. The molecule has 18 heavy (non-hydrogen) atoms. The highest BCUT2D eigenvalue weighted by Gasteiger charge is 2.18. The molecule has 1 fully saturated rings. The molecular weight excluding hydrogens is 310 g/mol. The molecule has 1 aliphatic carbocycles. The molecule has 96 valence electrons. The van der Waals surface area contributed by atoms with E-state index in [0.717, 1.165) is 20.7 Å². The molecule has 2 aromatic rings. The van der Waals surface area contributed by atoms with Crippen molar-refractivity contribution in [3.05, 3.63) is 22.1 Å². The van der Waals surface area contributed by atoms with Gasteiger partial charge in [-0.25, -0.2) is 0 Å². The van der Waals surface area contributed by atoms with Gasteiger partial charge < -0.3 is 5.73 Å². The van der Waals surface area contributed by atoms with E-state index < -0.39 is 0 Å². The second-order valence-corrected chi connectivity index (χ2v) is 6.66. The summed E-state index contributed by atoms with van der Waals surface area (Å²) in [4.78, 5) is 1.13. The highest BCUT2D eigenvalue weighted by molar-refractivity contribution is 9.10. The van der Waals surface area contributed by atoms with Gasteiger partial charge in [-0.3, -0.25) is 4.68 Å². The number of nitrogens with two attached hydrogens (primary N) is 1. The summed E-state index contributed by atoms with van der Waals surface area (Å²) in [6.45, 7) is 0. The van der Waals surface area contributed by atoms with E-state index in [0.29, 0.717) is 6.04 Å². The molecule has 2 heterocycles. The zero-order valence-electron chi connectivity index (χ0n) is 10.1. The van der Waals surface area contributed by atoms with E-state index in [1.165, 1.54) is 32.1 Å². The van der Waals surface area contributed by atoms with Gasteiger partial charge in [0, 0.05) is 16.0 Å². The predicted octanol–water partition coefficient (Wildman–Crippen LogP) is 4.46. The van der Waals surface area contributed by atoms with E-state index in [1.54, 1.807) is 11.3 Å². The van der Waals surface area contributed by atoms with Gasteiger partial charge in [-0.15, -0.1) is 11.3 Å². The Bertz CT molecular complexity index is 540. The second-order valence-electron chi connectivity index (χ2n) is 4.83. The molecule has 0 aromatic carbocycles. The van der Waals surface area contributed by atoms with Crippen LogP contribution in [-0.4, -0.2) is 9.78 Å². The summed E-state index contributed by atoms with van der Waals surface area (Å²) in [6, 6.07) is 2.62. The van der Waals surface area contributed by atoms with Gasteiger partial charge in [0.05, 0.1) is 16.6 Å². The fourth-order valence-electron chi connectivity index (χ4n) is 2.57. The van der Waals surface area contributed by atoms with Crippen LogP contribution in [0.15, 0.2) is 22.1 Å². The smallest absolute Gasteiger partial charge is 0.125 e. The number of thiophene rings is 1. The third-order valence-electron chi connectivity index (χ3n) is 3.51. The predicted molar refractivity (Wildman–Crippen MR) is 79.8 cm³/mol. The summed E-state index contributed by atoms with van der Waals surface area (Å²) in [6.07, 6.45) is 8.44. The van der Waals surface area contributed by atoms with Crippen molar-refractivity contribution >= 4 is 33.0 Å². The van der Waals surface area contributed by atoms with Crippen molar-refractivity contribution in [2.75, 3.05) is 5.73 Å². The maximum absolute atomic E-state index is 6.10. The number of hydrogen-bond acceptors (Lipinski definition) is 3. The van der Waals surface area contributed by atoms with E-state index >= 15 is 0 Å². The van der Waals surface area contributed by atoms with Crippen molar-refractivity contribution in [3.8, 4) is 10.6 Å². The van der Waals surface area contributed by atoms with Crippen molar-refractivity contribution in [2.45, 2.75) is 38.1 Å². The first-order valence-corrected chi connectivity index (χ1v) is 8.00. The monoisotopic (exact) mass is 325 g/mol. The molecule has 2 N–H and O–H groups in total. The average Bonchev–Trinajstić information content (AvgIpc) is 2.97. The topological polar surface area (TPSA) is 43.8 Å². The van der Waals surface area contributed by atoms with Crippen molar-refractivity contribution in [2.24, 2.45) is 0 Å². The molecule has 0 bridgehead atoms. The quantitative estimate of drug-likeness (QED) is 0.885. The zero-order chi connectivity index (χ0) is 12.5. The standard InChI is InChI=1S/C13H16BrN3S/c14-9-6-12(18-8-9)13-11(15)7-17(16-13)10-4-2-1-3-5-10/h6-8,10H,1-5,15H2. The first-order valence-electron chi connectivity index (χ1n) is 6.33. The lowest BCUT2D eigenvalue weighted by atomic mass is 9.96. The minimum atomic E-state index is 0.540. The maximum atomic E-state index is 6.10. The molecule has 0 spiro atoms. The molecule has 1 aliphatic rings. The third kappa shape index (κ3) is 2.34. The minimum Gasteiger partial charge on any atom is -0.396 e. The van der Waals surface area contributed by atoms with Gasteiger partial charge in [0.15, 0.2) is 0 Å². The number of rotatable bonds is 2. The van der Waals surface area contributed by atoms with Crippen molar-refractivity contribution in [3.63, 3.8) is 0 Å². The van der Waals surface area contributed by atoms with Crippen molar-refractivity contribution in [1.82, 2.24) is 9.78 Å². The number of nitrogen functional groups attached to an aromatic ring is 1. The Morgan fingerprint density at radius 3 is 2.78 bits per heavy atom. The summed E-state index contributed by atoms with van der Waals surface area (Å²) in [5.74, 6) is 0. The lowest BCUT2D eigenvalue weighted by Gasteiger charge is -2.21. The summed E-state index contributed by atoms with van der Waals surface area (Å²) in [5.41, 5.74) is 7.81. The Labute approximate surface area is 119 Å². The Morgan fingerprint density at radius 1 is 1.33 bits per heavy atom. The minimum absolute atomic E-state index is 0.540. The molecule has 0 unspecified atom stereocenters. The number of nitrogens with zero attached hydrogens (tertiary/aromatic N) is 2. The molecule has 0 amide bonds. The number of hydrogen-bond donors (Lipinski definition) is 1. The highest BCUT2D eigenvalue weighted by Crippen LogP contribution is 2.35. The first kappa shape index (κ1) is 12.2. The van der Waals surface area contributed by atoms with E-state index in [1.807, 2.05) is 6.20 Å². The molecule has 0 aliphatic heterocycles. The van der Waals surface area contributed by atoms with Gasteiger partial charge in [-0.05, 0) is 34.8 Å². The SMILES string of the molecule is Nc1cn(C2CCCCC2)nc1-c1cc(Br)cs1. The van der Waals surface area contributed by atoms with Gasteiger partial charge in [-0.1, -0.05) is 19.3 Å². The second kappa shape index (κ2) is 5.05. The van der Waals surface area contributed by atoms with Crippen molar-refractivity contribution < 1.29 is 0 Å². The average molecular weight is 326 g/mol. The number of halogens is 1. The van der Waals surface area contributed by atoms with E-state index in [2.05, 4.69) is 32.1 Å². The third-order valence-corrected chi connectivity index (χ3v) is 5.21. The molecule has 3 nitrogen and oxygen atoms in total. The van der Waals surface area contributed by atoms with Crippen LogP contribution < -0.4 is 5.73 Å². The van der Waals surface area contributed by atoms with Crippen LogP contribution in [-0.2, 0) is 0 Å². The van der Waals surface area contributed by atoms with E-state index in [4.69, 9.17) is 10.8 Å². The lowest BCUT2D eigenvalue weighted by molar-refractivity contribution is 0.330. The Morgan fingerprint density at radius 2 is 2.11 bits per heavy atom. The molecular formula is C13H16BrN3S. The normalized spacial score (nSPS) is 17.2. The van der Waals surface area contributed by atoms with Crippen LogP contribution >= 0.6 is 27.3 Å². The van der Waals surface area contributed by atoms with Crippen LogP contribution in [0.2, 0.25) is 0 Å². The fourth-order valence-corrected chi connectivity index (χ4v) is 4.00. The lowest BCUT2D eigenvalue weighted by Crippen LogP contribution is -2.13. The summed E-state index contributed by atoms with van der Waals surface area (Å²) < 4.78 is 3.17. The number of aromatic nitrogens is 2.